The second-order valence-electron chi connectivity index (χ2n) is 5.62. The number of halogens is 1. The van der Waals surface area contributed by atoms with Crippen LogP contribution in [-0.2, 0) is 0 Å². The third-order valence-electron chi connectivity index (χ3n) is 3.85. The molecule has 2 nitrogen and oxygen atoms in total. The Balaban J connectivity index is 2.47. The number of rotatable bonds is 5. The molecular formula is C18H23BrN2. The summed E-state index contributed by atoms with van der Waals surface area (Å²) in [5.74, 6) is 0. The lowest BCUT2D eigenvalue weighted by atomic mass is 9.92. The van der Waals surface area contributed by atoms with Crippen LogP contribution in [0, 0.1) is 20.8 Å². The summed E-state index contributed by atoms with van der Waals surface area (Å²) in [6.07, 6.45) is 4.89. The van der Waals surface area contributed by atoms with Gasteiger partial charge in [-0.15, -0.1) is 0 Å². The SMILES string of the molecule is CCCNC(c1cncc(Br)c1)c1cc(C)c(C)cc1C. The molecule has 1 aromatic heterocycles. The molecule has 0 radical (unpaired) electrons. The molecule has 0 saturated carbocycles. The van der Waals surface area contributed by atoms with E-state index in [4.69, 9.17) is 0 Å². The summed E-state index contributed by atoms with van der Waals surface area (Å²) >= 11 is 3.53. The Morgan fingerprint density at radius 1 is 1.05 bits per heavy atom. The van der Waals surface area contributed by atoms with Gasteiger partial charge in [-0.2, -0.15) is 0 Å². The lowest BCUT2D eigenvalue weighted by Crippen LogP contribution is -2.24. The van der Waals surface area contributed by atoms with Crippen molar-refractivity contribution in [2.45, 2.75) is 40.2 Å². The number of benzene rings is 1. The van der Waals surface area contributed by atoms with Gasteiger partial charge in [0.15, 0.2) is 0 Å². The van der Waals surface area contributed by atoms with Gasteiger partial charge in [-0.3, -0.25) is 4.98 Å². The maximum Gasteiger partial charge on any atom is 0.0595 e. The highest BCUT2D eigenvalue weighted by Crippen LogP contribution is 2.28. The van der Waals surface area contributed by atoms with Crippen LogP contribution in [0.1, 0.15) is 47.2 Å². The lowest BCUT2D eigenvalue weighted by molar-refractivity contribution is 0.594. The largest absolute Gasteiger partial charge is 0.306 e. The molecule has 0 amide bonds. The van der Waals surface area contributed by atoms with Crippen molar-refractivity contribution in [1.82, 2.24) is 10.3 Å². The Kier molecular flexibility index (Phi) is 5.54. The van der Waals surface area contributed by atoms with E-state index in [-0.39, 0.29) is 6.04 Å². The smallest absolute Gasteiger partial charge is 0.0595 e. The van der Waals surface area contributed by atoms with E-state index in [2.05, 4.69) is 72.1 Å². The van der Waals surface area contributed by atoms with Crippen molar-refractivity contribution in [3.63, 3.8) is 0 Å². The predicted octanol–water partition coefficient (Wildman–Crippen LogP) is 4.86. The van der Waals surface area contributed by atoms with Crippen molar-refractivity contribution in [3.8, 4) is 0 Å². The van der Waals surface area contributed by atoms with Gasteiger partial charge in [0.05, 0.1) is 6.04 Å². The van der Waals surface area contributed by atoms with E-state index in [1.807, 2.05) is 12.4 Å². The Hall–Kier alpha value is -1.19. The normalized spacial score (nSPS) is 12.4. The molecule has 21 heavy (non-hydrogen) atoms. The van der Waals surface area contributed by atoms with Crippen LogP contribution >= 0.6 is 15.9 Å². The minimum Gasteiger partial charge on any atom is -0.306 e. The summed E-state index contributed by atoms with van der Waals surface area (Å²) in [6, 6.07) is 6.92. The van der Waals surface area contributed by atoms with E-state index in [1.165, 1.54) is 27.8 Å². The number of aromatic nitrogens is 1. The summed E-state index contributed by atoms with van der Waals surface area (Å²) < 4.78 is 1.02. The van der Waals surface area contributed by atoms with Crippen LogP contribution < -0.4 is 5.32 Å². The van der Waals surface area contributed by atoms with Crippen molar-refractivity contribution in [2.75, 3.05) is 6.54 Å². The molecule has 1 atom stereocenters. The summed E-state index contributed by atoms with van der Waals surface area (Å²) in [7, 11) is 0. The number of hydrogen-bond donors (Lipinski definition) is 1. The van der Waals surface area contributed by atoms with Crippen molar-refractivity contribution in [2.24, 2.45) is 0 Å². The average molecular weight is 347 g/mol. The molecule has 0 fully saturated rings. The summed E-state index contributed by atoms with van der Waals surface area (Å²) in [5.41, 5.74) is 6.54. The van der Waals surface area contributed by atoms with Crippen LogP contribution in [0.5, 0.6) is 0 Å². The van der Waals surface area contributed by atoms with Gasteiger partial charge < -0.3 is 5.32 Å². The topological polar surface area (TPSA) is 24.9 Å². The van der Waals surface area contributed by atoms with Crippen LogP contribution in [0.15, 0.2) is 35.1 Å². The maximum atomic E-state index is 4.32. The third kappa shape index (κ3) is 3.92. The average Bonchev–Trinajstić information content (AvgIpc) is 2.44. The summed E-state index contributed by atoms with van der Waals surface area (Å²) in [6.45, 7) is 9.71. The molecule has 2 rings (SSSR count). The van der Waals surface area contributed by atoms with E-state index in [0.717, 1.165) is 17.4 Å². The number of aryl methyl sites for hydroxylation is 3. The van der Waals surface area contributed by atoms with E-state index < -0.39 is 0 Å². The molecule has 0 bridgehead atoms. The summed E-state index contributed by atoms with van der Waals surface area (Å²) in [5, 5.41) is 3.66. The van der Waals surface area contributed by atoms with Crippen LogP contribution in [-0.4, -0.2) is 11.5 Å². The second-order valence-corrected chi connectivity index (χ2v) is 6.53. The Morgan fingerprint density at radius 3 is 2.43 bits per heavy atom. The van der Waals surface area contributed by atoms with Gasteiger partial charge in [0, 0.05) is 16.9 Å². The van der Waals surface area contributed by atoms with Gasteiger partial charge in [0.1, 0.15) is 0 Å². The van der Waals surface area contributed by atoms with Crippen molar-refractivity contribution < 1.29 is 0 Å². The molecule has 112 valence electrons. The van der Waals surface area contributed by atoms with Crippen LogP contribution in [0.3, 0.4) is 0 Å². The van der Waals surface area contributed by atoms with E-state index >= 15 is 0 Å². The molecule has 2 aromatic rings. The molecule has 1 unspecified atom stereocenters. The highest BCUT2D eigenvalue weighted by molar-refractivity contribution is 9.10. The maximum absolute atomic E-state index is 4.32. The molecular weight excluding hydrogens is 324 g/mol. The molecule has 0 aliphatic rings. The first kappa shape index (κ1) is 16.2. The highest BCUT2D eigenvalue weighted by atomic mass is 79.9. The van der Waals surface area contributed by atoms with E-state index in [1.54, 1.807) is 0 Å². The predicted molar refractivity (Wildman–Crippen MR) is 92.7 cm³/mol. The Morgan fingerprint density at radius 2 is 1.76 bits per heavy atom. The van der Waals surface area contributed by atoms with Gasteiger partial charge in [0.25, 0.3) is 0 Å². The zero-order valence-corrected chi connectivity index (χ0v) is 14.8. The molecule has 0 aliphatic carbocycles. The minimum absolute atomic E-state index is 0.189. The third-order valence-corrected chi connectivity index (χ3v) is 4.28. The fraction of sp³-hybridized carbons (Fsp3) is 0.389. The molecule has 1 N–H and O–H groups in total. The van der Waals surface area contributed by atoms with Gasteiger partial charge in [-0.25, -0.2) is 0 Å². The van der Waals surface area contributed by atoms with Crippen molar-refractivity contribution in [1.29, 1.82) is 0 Å². The van der Waals surface area contributed by atoms with Crippen molar-refractivity contribution in [3.05, 3.63) is 62.9 Å². The second kappa shape index (κ2) is 7.19. The molecule has 1 heterocycles. The zero-order chi connectivity index (χ0) is 15.4. The number of pyridine rings is 1. The fourth-order valence-corrected chi connectivity index (χ4v) is 2.96. The first-order valence-corrected chi connectivity index (χ1v) is 8.23. The molecule has 0 saturated heterocycles. The first-order valence-electron chi connectivity index (χ1n) is 7.44. The van der Waals surface area contributed by atoms with Gasteiger partial charge in [0.2, 0.25) is 0 Å². The Labute approximate surface area is 136 Å². The molecule has 0 aliphatic heterocycles. The zero-order valence-electron chi connectivity index (χ0n) is 13.2. The first-order chi connectivity index (χ1) is 10.0. The number of nitrogens with zero attached hydrogens (tertiary/aromatic N) is 1. The van der Waals surface area contributed by atoms with Crippen LogP contribution in [0.4, 0.5) is 0 Å². The van der Waals surface area contributed by atoms with Gasteiger partial charge in [-0.1, -0.05) is 19.1 Å². The quantitative estimate of drug-likeness (QED) is 0.836. The van der Waals surface area contributed by atoms with Gasteiger partial charge >= 0.3 is 0 Å². The lowest BCUT2D eigenvalue weighted by Gasteiger charge is -2.22. The van der Waals surface area contributed by atoms with Crippen LogP contribution in [0.2, 0.25) is 0 Å². The Bertz CT molecular complexity index is 623. The van der Waals surface area contributed by atoms with Gasteiger partial charge in [-0.05, 0) is 83.6 Å². The monoisotopic (exact) mass is 346 g/mol. The molecule has 3 heteroatoms. The fourth-order valence-electron chi connectivity index (χ4n) is 2.58. The standard InChI is InChI=1S/C18H23BrN2/c1-5-6-21-18(15-9-16(19)11-20-10-15)17-8-13(3)12(2)7-14(17)4/h7-11,18,21H,5-6H2,1-4H3. The van der Waals surface area contributed by atoms with E-state index in [0.29, 0.717) is 0 Å². The minimum atomic E-state index is 0.189. The van der Waals surface area contributed by atoms with E-state index in [9.17, 15) is 0 Å². The molecule has 1 aromatic carbocycles. The number of nitrogens with one attached hydrogen (secondary N) is 1. The van der Waals surface area contributed by atoms with Crippen LogP contribution in [0.25, 0.3) is 0 Å². The van der Waals surface area contributed by atoms with Crippen molar-refractivity contribution >= 4 is 15.9 Å². The number of hydrogen-bond acceptors (Lipinski definition) is 2. The highest BCUT2D eigenvalue weighted by Gasteiger charge is 2.17. The molecule has 0 spiro atoms. The summed E-state index contributed by atoms with van der Waals surface area (Å²) in [4.78, 5) is 4.32.